The van der Waals surface area contributed by atoms with Gasteiger partial charge in [-0.25, -0.2) is 9.97 Å². The quantitative estimate of drug-likeness (QED) is 0.825. The van der Waals surface area contributed by atoms with Crippen molar-refractivity contribution in [3.8, 4) is 0 Å². The molecule has 2 aromatic heterocycles. The van der Waals surface area contributed by atoms with Crippen LogP contribution in [0.5, 0.6) is 0 Å². The third-order valence-corrected chi connectivity index (χ3v) is 4.49. The van der Waals surface area contributed by atoms with Crippen molar-refractivity contribution in [2.75, 3.05) is 49.1 Å². The minimum absolute atomic E-state index is 0.0114. The summed E-state index contributed by atoms with van der Waals surface area (Å²) < 4.78 is 0. The smallest absolute Gasteiger partial charge is 0.272 e. The molecule has 25 heavy (non-hydrogen) atoms. The first-order valence-electron chi connectivity index (χ1n) is 8.75. The number of aromatic nitrogens is 3. The Labute approximate surface area is 148 Å². The zero-order valence-electron chi connectivity index (χ0n) is 14.8. The van der Waals surface area contributed by atoms with Crippen LogP contribution < -0.4 is 9.80 Å². The van der Waals surface area contributed by atoms with Crippen LogP contribution in [0.4, 0.5) is 11.6 Å². The van der Waals surface area contributed by atoms with Crippen LogP contribution in [0, 0.1) is 0 Å². The number of carbonyl (C=O) groups excluding carboxylic acids is 1. The van der Waals surface area contributed by atoms with Gasteiger partial charge in [-0.1, -0.05) is 0 Å². The van der Waals surface area contributed by atoms with Gasteiger partial charge in [-0.2, -0.15) is 0 Å². The second kappa shape index (κ2) is 7.92. The summed E-state index contributed by atoms with van der Waals surface area (Å²) in [6.45, 7) is 8.78. The number of pyridine rings is 1. The minimum Gasteiger partial charge on any atom is -0.372 e. The number of piperazine rings is 1. The second-order valence-electron chi connectivity index (χ2n) is 5.90. The summed E-state index contributed by atoms with van der Waals surface area (Å²) in [6, 6.07) is 5.65. The van der Waals surface area contributed by atoms with Gasteiger partial charge in [0.05, 0.1) is 0 Å². The number of carbonyl (C=O) groups is 1. The van der Waals surface area contributed by atoms with E-state index in [1.54, 1.807) is 24.7 Å². The summed E-state index contributed by atoms with van der Waals surface area (Å²) in [4.78, 5) is 31.8. The van der Waals surface area contributed by atoms with E-state index in [4.69, 9.17) is 0 Å². The fourth-order valence-electron chi connectivity index (χ4n) is 3.05. The summed E-state index contributed by atoms with van der Waals surface area (Å²) in [7, 11) is 0. The van der Waals surface area contributed by atoms with Gasteiger partial charge in [0.25, 0.3) is 5.91 Å². The van der Waals surface area contributed by atoms with Crippen LogP contribution in [0.3, 0.4) is 0 Å². The van der Waals surface area contributed by atoms with Gasteiger partial charge in [-0.15, -0.1) is 0 Å². The van der Waals surface area contributed by atoms with Crippen LogP contribution in [-0.4, -0.2) is 65.0 Å². The lowest BCUT2D eigenvalue weighted by Crippen LogP contribution is -2.49. The first-order valence-corrected chi connectivity index (χ1v) is 8.75. The lowest BCUT2D eigenvalue weighted by Gasteiger charge is -2.34. The van der Waals surface area contributed by atoms with Gasteiger partial charge in [0, 0.05) is 63.5 Å². The van der Waals surface area contributed by atoms with Gasteiger partial charge in [-0.3, -0.25) is 9.78 Å². The number of rotatable bonds is 5. The molecule has 0 radical (unpaired) electrons. The Kier molecular flexibility index (Phi) is 5.42. The first-order chi connectivity index (χ1) is 12.2. The molecule has 1 aliphatic heterocycles. The molecule has 1 aliphatic rings. The number of nitrogens with zero attached hydrogens (tertiary/aromatic N) is 6. The summed E-state index contributed by atoms with van der Waals surface area (Å²) in [6.07, 6.45) is 5.19. The van der Waals surface area contributed by atoms with E-state index in [9.17, 15) is 4.79 Å². The lowest BCUT2D eigenvalue weighted by molar-refractivity contribution is 0.0740. The number of hydrogen-bond donors (Lipinski definition) is 0. The molecule has 0 aromatic carbocycles. The zero-order chi connectivity index (χ0) is 17.6. The van der Waals surface area contributed by atoms with E-state index in [1.807, 2.05) is 17.0 Å². The van der Waals surface area contributed by atoms with E-state index in [1.165, 1.54) is 0 Å². The number of hydrogen-bond acceptors (Lipinski definition) is 6. The molecule has 7 nitrogen and oxygen atoms in total. The zero-order valence-corrected chi connectivity index (χ0v) is 14.8. The second-order valence-corrected chi connectivity index (χ2v) is 5.90. The van der Waals surface area contributed by atoms with Crippen molar-refractivity contribution in [2.24, 2.45) is 0 Å². The molecule has 0 saturated carbocycles. The first kappa shape index (κ1) is 17.1. The molecule has 3 rings (SSSR count). The molecule has 0 aliphatic carbocycles. The molecule has 132 valence electrons. The van der Waals surface area contributed by atoms with Gasteiger partial charge in [0.15, 0.2) is 0 Å². The largest absolute Gasteiger partial charge is 0.372 e. The van der Waals surface area contributed by atoms with Crippen LogP contribution in [0.2, 0.25) is 0 Å². The molecule has 0 atom stereocenters. The average molecular weight is 340 g/mol. The standard InChI is InChI=1S/C18H24N6O/c1-3-22(4-2)15-6-9-19-16(14-15)17(25)23-10-12-24(13-11-23)18-20-7-5-8-21-18/h5-9,14H,3-4,10-13H2,1-2H3. The van der Waals surface area contributed by atoms with Gasteiger partial charge in [-0.05, 0) is 32.0 Å². The van der Waals surface area contributed by atoms with Crippen molar-refractivity contribution >= 4 is 17.5 Å². The van der Waals surface area contributed by atoms with E-state index in [0.717, 1.165) is 37.8 Å². The predicted octanol–water partition coefficient (Wildman–Crippen LogP) is 1.68. The van der Waals surface area contributed by atoms with Crippen molar-refractivity contribution < 1.29 is 4.79 Å². The van der Waals surface area contributed by atoms with E-state index in [2.05, 4.69) is 38.6 Å². The molecular weight excluding hydrogens is 316 g/mol. The van der Waals surface area contributed by atoms with Crippen molar-refractivity contribution in [3.05, 3.63) is 42.5 Å². The van der Waals surface area contributed by atoms with Crippen molar-refractivity contribution in [1.82, 2.24) is 19.9 Å². The predicted molar refractivity (Wildman–Crippen MR) is 97.9 cm³/mol. The van der Waals surface area contributed by atoms with E-state index in [-0.39, 0.29) is 5.91 Å². The highest BCUT2D eigenvalue weighted by molar-refractivity contribution is 5.93. The highest BCUT2D eigenvalue weighted by atomic mass is 16.2. The van der Waals surface area contributed by atoms with Crippen LogP contribution in [0.1, 0.15) is 24.3 Å². The fraction of sp³-hybridized carbons (Fsp3) is 0.444. The van der Waals surface area contributed by atoms with Gasteiger partial charge >= 0.3 is 0 Å². The van der Waals surface area contributed by atoms with Crippen molar-refractivity contribution in [3.63, 3.8) is 0 Å². The Bertz CT molecular complexity index is 696. The van der Waals surface area contributed by atoms with E-state index in [0.29, 0.717) is 18.8 Å². The van der Waals surface area contributed by atoms with Crippen molar-refractivity contribution in [1.29, 1.82) is 0 Å². The molecular formula is C18H24N6O. The Morgan fingerprint density at radius 1 is 1.04 bits per heavy atom. The minimum atomic E-state index is -0.0114. The van der Waals surface area contributed by atoms with Crippen molar-refractivity contribution in [2.45, 2.75) is 13.8 Å². The monoisotopic (exact) mass is 340 g/mol. The molecule has 0 unspecified atom stereocenters. The van der Waals surface area contributed by atoms with Crippen LogP contribution in [-0.2, 0) is 0 Å². The molecule has 1 fully saturated rings. The highest BCUT2D eigenvalue weighted by Gasteiger charge is 2.24. The van der Waals surface area contributed by atoms with Crippen LogP contribution >= 0.6 is 0 Å². The van der Waals surface area contributed by atoms with Crippen LogP contribution in [0.25, 0.3) is 0 Å². The summed E-state index contributed by atoms with van der Waals surface area (Å²) in [5, 5.41) is 0. The Balaban J connectivity index is 1.66. The molecule has 3 heterocycles. The van der Waals surface area contributed by atoms with Gasteiger partial charge in [0.1, 0.15) is 5.69 Å². The molecule has 0 N–H and O–H groups in total. The summed E-state index contributed by atoms with van der Waals surface area (Å²) >= 11 is 0. The van der Waals surface area contributed by atoms with E-state index >= 15 is 0 Å². The van der Waals surface area contributed by atoms with E-state index < -0.39 is 0 Å². The third-order valence-electron chi connectivity index (χ3n) is 4.49. The summed E-state index contributed by atoms with van der Waals surface area (Å²) in [5.74, 6) is 0.707. The highest BCUT2D eigenvalue weighted by Crippen LogP contribution is 2.17. The van der Waals surface area contributed by atoms with Gasteiger partial charge in [0.2, 0.25) is 5.95 Å². The molecule has 0 spiro atoms. The SMILES string of the molecule is CCN(CC)c1ccnc(C(=O)N2CCN(c3ncccn3)CC2)c1. The Morgan fingerprint density at radius 2 is 1.72 bits per heavy atom. The molecule has 1 amide bonds. The third kappa shape index (κ3) is 3.87. The average Bonchev–Trinajstić information content (AvgIpc) is 2.69. The fourth-order valence-corrected chi connectivity index (χ4v) is 3.05. The van der Waals surface area contributed by atoms with Crippen LogP contribution in [0.15, 0.2) is 36.8 Å². The number of anilines is 2. The number of amides is 1. The molecule has 2 aromatic rings. The maximum Gasteiger partial charge on any atom is 0.272 e. The normalized spacial score (nSPS) is 14.5. The Morgan fingerprint density at radius 3 is 2.36 bits per heavy atom. The molecule has 1 saturated heterocycles. The van der Waals surface area contributed by atoms with Gasteiger partial charge < -0.3 is 14.7 Å². The Hall–Kier alpha value is -2.70. The molecule has 7 heteroatoms. The topological polar surface area (TPSA) is 65.5 Å². The lowest BCUT2D eigenvalue weighted by atomic mass is 10.2. The molecule has 0 bridgehead atoms. The maximum absolute atomic E-state index is 12.8. The maximum atomic E-state index is 12.8. The summed E-state index contributed by atoms with van der Waals surface area (Å²) in [5.41, 5.74) is 1.55.